The van der Waals surface area contributed by atoms with Crippen molar-refractivity contribution in [1.29, 1.82) is 0 Å². The van der Waals surface area contributed by atoms with Crippen molar-refractivity contribution in [2.45, 2.75) is 19.3 Å². The van der Waals surface area contributed by atoms with E-state index >= 15 is 0 Å². The molecule has 1 N–H and O–H groups in total. The number of aryl methyl sites for hydroxylation is 1. The molecular weight excluding hydrogens is 361 g/mol. The summed E-state index contributed by atoms with van der Waals surface area (Å²) in [6.07, 6.45) is 0.149. The molecule has 1 unspecified atom stereocenters. The first-order valence-corrected chi connectivity index (χ1v) is 8.38. The second kappa shape index (κ2) is 7.68. The van der Waals surface area contributed by atoms with Gasteiger partial charge in [-0.15, -0.1) is 10.2 Å². The third-order valence-corrected chi connectivity index (χ3v) is 4.01. The fourth-order valence-corrected chi connectivity index (χ4v) is 3.04. The number of halogens is 2. The Bertz CT molecular complexity index is 861. The molecule has 7 heteroatoms. The van der Waals surface area contributed by atoms with Crippen molar-refractivity contribution in [3.63, 3.8) is 0 Å². The minimum Gasteiger partial charge on any atom is -0.425 e. The maximum absolute atomic E-state index is 12.5. The van der Waals surface area contributed by atoms with Crippen molar-refractivity contribution in [3.8, 4) is 0 Å². The smallest absolute Gasteiger partial charge is 0.225 e. The van der Waals surface area contributed by atoms with Crippen LogP contribution in [0.3, 0.4) is 0 Å². The molecule has 1 amide bonds. The zero-order chi connectivity index (χ0) is 17.8. The molecule has 1 atom stereocenters. The van der Waals surface area contributed by atoms with E-state index in [1.807, 2.05) is 30.3 Å². The van der Waals surface area contributed by atoms with Gasteiger partial charge in [0.05, 0.1) is 5.92 Å². The van der Waals surface area contributed by atoms with E-state index in [4.69, 9.17) is 27.6 Å². The molecular formula is C18H15Cl2N3O2. The van der Waals surface area contributed by atoms with Crippen LogP contribution in [0, 0.1) is 6.92 Å². The van der Waals surface area contributed by atoms with Gasteiger partial charge in [0.25, 0.3) is 0 Å². The maximum Gasteiger partial charge on any atom is 0.225 e. The zero-order valence-electron chi connectivity index (χ0n) is 13.4. The molecule has 3 aromatic rings. The Hall–Kier alpha value is -2.37. The SMILES string of the molecule is Cc1nnc(C(CC(=O)Nc2cc(Cl)cc(Cl)c2)c2ccccc2)o1. The fourth-order valence-electron chi connectivity index (χ4n) is 2.51. The number of anilines is 1. The summed E-state index contributed by atoms with van der Waals surface area (Å²) >= 11 is 11.9. The van der Waals surface area contributed by atoms with Gasteiger partial charge in [0.15, 0.2) is 0 Å². The van der Waals surface area contributed by atoms with Gasteiger partial charge in [-0.05, 0) is 23.8 Å². The molecule has 0 aliphatic heterocycles. The fraction of sp³-hybridized carbons (Fsp3) is 0.167. The highest BCUT2D eigenvalue weighted by Gasteiger charge is 2.23. The first kappa shape index (κ1) is 17.5. The minimum absolute atomic E-state index is 0.149. The van der Waals surface area contributed by atoms with E-state index in [1.165, 1.54) is 0 Å². The zero-order valence-corrected chi connectivity index (χ0v) is 14.9. The molecule has 25 heavy (non-hydrogen) atoms. The number of benzene rings is 2. The highest BCUT2D eigenvalue weighted by Crippen LogP contribution is 2.28. The largest absolute Gasteiger partial charge is 0.425 e. The Morgan fingerprint density at radius 3 is 2.40 bits per heavy atom. The van der Waals surface area contributed by atoms with Gasteiger partial charge in [0, 0.05) is 29.1 Å². The number of amides is 1. The third kappa shape index (κ3) is 4.59. The summed E-state index contributed by atoms with van der Waals surface area (Å²) in [5.41, 5.74) is 1.46. The number of aromatic nitrogens is 2. The molecule has 0 radical (unpaired) electrons. The van der Waals surface area contributed by atoms with Gasteiger partial charge in [0.2, 0.25) is 17.7 Å². The first-order chi connectivity index (χ1) is 12.0. The average Bonchev–Trinajstić information content (AvgIpc) is 2.98. The summed E-state index contributed by atoms with van der Waals surface area (Å²) in [5, 5.41) is 11.6. The predicted molar refractivity (Wildman–Crippen MR) is 97.0 cm³/mol. The van der Waals surface area contributed by atoms with Crippen LogP contribution >= 0.6 is 23.2 Å². The van der Waals surface area contributed by atoms with Crippen molar-refractivity contribution >= 4 is 34.8 Å². The molecule has 0 aliphatic carbocycles. The molecule has 0 aliphatic rings. The number of hydrogen-bond donors (Lipinski definition) is 1. The monoisotopic (exact) mass is 375 g/mol. The van der Waals surface area contributed by atoms with E-state index in [-0.39, 0.29) is 18.2 Å². The molecule has 5 nitrogen and oxygen atoms in total. The number of nitrogens with one attached hydrogen (secondary N) is 1. The van der Waals surface area contributed by atoms with Gasteiger partial charge >= 0.3 is 0 Å². The van der Waals surface area contributed by atoms with Gasteiger partial charge in [-0.25, -0.2) is 0 Å². The van der Waals surface area contributed by atoms with Crippen molar-refractivity contribution in [2.75, 3.05) is 5.32 Å². The lowest BCUT2D eigenvalue weighted by Gasteiger charge is -2.14. The Morgan fingerprint density at radius 2 is 1.80 bits per heavy atom. The molecule has 1 aromatic heterocycles. The molecule has 0 saturated carbocycles. The number of carbonyl (C=O) groups excluding carboxylic acids is 1. The van der Waals surface area contributed by atoms with Gasteiger partial charge in [0.1, 0.15) is 0 Å². The molecule has 1 heterocycles. The Balaban J connectivity index is 1.81. The van der Waals surface area contributed by atoms with E-state index in [1.54, 1.807) is 25.1 Å². The Kier molecular flexibility index (Phi) is 5.36. The van der Waals surface area contributed by atoms with E-state index in [0.29, 0.717) is 27.5 Å². The Morgan fingerprint density at radius 1 is 1.12 bits per heavy atom. The summed E-state index contributed by atoms with van der Waals surface area (Å²) in [6.45, 7) is 1.71. The van der Waals surface area contributed by atoms with Crippen LogP contribution in [0.4, 0.5) is 5.69 Å². The van der Waals surface area contributed by atoms with Crippen molar-refractivity contribution in [2.24, 2.45) is 0 Å². The van der Waals surface area contributed by atoms with Crippen LogP contribution in [0.25, 0.3) is 0 Å². The van der Waals surface area contributed by atoms with E-state index < -0.39 is 0 Å². The molecule has 0 bridgehead atoms. The first-order valence-electron chi connectivity index (χ1n) is 7.62. The average molecular weight is 376 g/mol. The van der Waals surface area contributed by atoms with Crippen LogP contribution < -0.4 is 5.32 Å². The van der Waals surface area contributed by atoms with Crippen LogP contribution in [-0.4, -0.2) is 16.1 Å². The Labute approximate surface area is 155 Å². The standard InChI is InChI=1S/C18H15Cl2N3O2/c1-11-22-23-18(25-11)16(12-5-3-2-4-6-12)10-17(24)21-15-8-13(19)7-14(20)9-15/h2-9,16H,10H2,1H3,(H,21,24). The summed E-state index contributed by atoms with van der Waals surface area (Å²) in [4.78, 5) is 12.5. The lowest BCUT2D eigenvalue weighted by Crippen LogP contribution is -2.16. The number of carbonyl (C=O) groups is 1. The van der Waals surface area contributed by atoms with Gasteiger partial charge in [-0.2, -0.15) is 0 Å². The van der Waals surface area contributed by atoms with Gasteiger partial charge in [-0.1, -0.05) is 53.5 Å². The molecule has 0 spiro atoms. The molecule has 3 rings (SSSR count). The van der Waals surface area contributed by atoms with Crippen molar-refractivity contribution in [3.05, 3.63) is 75.9 Å². The highest BCUT2D eigenvalue weighted by atomic mass is 35.5. The van der Waals surface area contributed by atoms with E-state index in [9.17, 15) is 4.79 Å². The van der Waals surface area contributed by atoms with Crippen molar-refractivity contribution in [1.82, 2.24) is 10.2 Å². The van der Waals surface area contributed by atoms with Gasteiger partial charge < -0.3 is 9.73 Å². The number of hydrogen-bond acceptors (Lipinski definition) is 4. The summed E-state index contributed by atoms with van der Waals surface area (Å²) < 4.78 is 5.54. The number of rotatable bonds is 5. The highest BCUT2D eigenvalue weighted by molar-refractivity contribution is 6.35. The third-order valence-electron chi connectivity index (χ3n) is 3.58. The van der Waals surface area contributed by atoms with Crippen LogP contribution in [0.1, 0.15) is 29.7 Å². The number of nitrogens with zero attached hydrogens (tertiary/aromatic N) is 2. The second-order valence-electron chi connectivity index (χ2n) is 5.53. The predicted octanol–water partition coefficient (Wildman–Crippen LogP) is 4.85. The summed E-state index contributed by atoms with van der Waals surface area (Å²) in [5.74, 6) is 0.320. The lowest BCUT2D eigenvalue weighted by molar-refractivity contribution is -0.116. The topological polar surface area (TPSA) is 68.0 Å². The van der Waals surface area contributed by atoms with Crippen molar-refractivity contribution < 1.29 is 9.21 Å². The van der Waals surface area contributed by atoms with E-state index in [0.717, 1.165) is 5.56 Å². The minimum atomic E-state index is -0.336. The molecule has 0 fully saturated rings. The second-order valence-corrected chi connectivity index (χ2v) is 6.41. The molecule has 0 saturated heterocycles. The van der Waals surface area contributed by atoms with Crippen LogP contribution in [-0.2, 0) is 4.79 Å². The lowest BCUT2D eigenvalue weighted by atomic mass is 9.95. The molecule has 2 aromatic carbocycles. The maximum atomic E-state index is 12.5. The van der Waals surface area contributed by atoms with Crippen LogP contribution in [0.2, 0.25) is 10.0 Å². The van der Waals surface area contributed by atoms with E-state index in [2.05, 4.69) is 15.5 Å². The normalized spacial score (nSPS) is 12.0. The molecule has 128 valence electrons. The van der Waals surface area contributed by atoms with Gasteiger partial charge in [-0.3, -0.25) is 4.79 Å². The van der Waals surface area contributed by atoms with Crippen LogP contribution in [0.15, 0.2) is 52.9 Å². The summed E-state index contributed by atoms with van der Waals surface area (Å²) in [6, 6.07) is 14.4. The summed E-state index contributed by atoms with van der Waals surface area (Å²) in [7, 11) is 0. The quantitative estimate of drug-likeness (QED) is 0.692. The van der Waals surface area contributed by atoms with Crippen LogP contribution in [0.5, 0.6) is 0 Å².